The van der Waals surface area contributed by atoms with Crippen molar-refractivity contribution in [3.8, 4) is 5.75 Å². The van der Waals surface area contributed by atoms with Crippen molar-refractivity contribution < 1.29 is 19.5 Å². The molecule has 0 unspecified atom stereocenters. The van der Waals surface area contributed by atoms with Gasteiger partial charge < -0.3 is 9.47 Å². The summed E-state index contributed by atoms with van der Waals surface area (Å²) in [6.07, 6.45) is -0.891. The molecule has 0 aliphatic heterocycles. The molecule has 0 saturated heterocycles. The Morgan fingerprint density at radius 1 is 1.35 bits per heavy atom. The van der Waals surface area contributed by atoms with Crippen LogP contribution >= 0.6 is 27.5 Å². The fourth-order valence-electron chi connectivity index (χ4n) is 1.95. The number of aryl methyl sites for hydroxylation is 1. The highest BCUT2D eigenvalue weighted by molar-refractivity contribution is 9.10. The molecule has 23 heavy (non-hydrogen) atoms. The van der Waals surface area contributed by atoms with E-state index in [1.165, 1.54) is 7.11 Å². The van der Waals surface area contributed by atoms with Crippen molar-refractivity contribution >= 4 is 39.3 Å². The van der Waals surface area contributed by atoms with E-state index in [0.29, 0.717) is 25.9 Å². The first-order valence-electron chi connectivity index (χ1n) is 6.67. The number of hydroxylamine groups is 1. The monoisotopic (exact) mass is 399 g/mol. The van der Waals surface area contributed by atoms with Crippen LogP contribution in [0, 0.1) is 6.92 Å². The summed E-state index contributed by atoms with van der Waals surface area (Å²) in [4.78, 5) is 11.5. The summed E-state index contributed by atoms with van der Waals surface area (Å²) >= 11 is 9.53. The van der Waals surface area contributed by atoms with Crippen molar-refractivity contribution in [2.75, 3.05) is 12.2 Å². The Hall–Kier alpha value is -1.76. The predicted molar refractivity (Wildman–Crippen MR) is 91.3 cm³/mol. The van der Waals surface area contributed by atoms with Gasteiger partial charge in [-0.3, -0.25) is 5.21 Å². The lowest BCUT2D eigenvalue weighted by atomic mass is 10.2. The van der Waals surface area contributed by atoms with Gasteiger partial charge in [-0.15, -0.1) is 0 Å². The minimum atomic E-state index is -0.891. The number of methoxy groups -OCH3 is 1. The molecule has 2 rings (SSSR count). The maximum Gasteiger partial charge on any atom is 0.438 e. The molecule has 0 aliphatic rings. The number of carbonyl (C=O) groups is 1. The number of benzene rings is 2. The Labute approximate surface area is 147 Å². The van der Waals surface area contributed by atoms with Crippen LogP contribution < -0.4 is 9.80 Å². The Morgan fingerprint density at radius 2 is 2.09 bits per heavy atom. The summed E-state index contributed by atoms with van der Waals surface area (Å²) < 4.78 is 10.9. The average Bonchev–Trinajstić information content (AvgIpc) is 2.53. The number of carbonyl (C=O) groups excluding carboxylic acids is 1. The van der Waals surface area contributed by atoms with E-state index in [9.17, 15) is 10.0 Å². The Morgan fingerprint density at radius 3 is 2.74 bits per heavy atom. The molecule has 0 aromatic heterocycles. The molecule has 1 N–H and O–H groups in total. The van der Waals surface area contributed by atoms with Crippen molar-refractivity contribution in [3.63, 3.8) is 0 Å². The van der Waals surface area contributed by atoms with E-state index in [4.69, 9.17) is 16.3 Å². The van der Waals surface area contributed by atoms with Crippen LogP contribution in [0.2, 0.25) is 5.02 Å². The first kappa shape index (κ1) is 17.6. The third-order valence-electron chi connectivity index (χ3n) is 3.13. The van der Waals surface area contributed by atoms with Crippen molar-refractivity contribution in [2.24, 2.45) is 0 Å². The molecule has 7 heteroatoms. The molecule has 0 saturated carbocycles. The molecule has 1 amide bonds. The molecule has 2 aromatic carbocycles. The number of halogens is 2. The second kappa shape index (κ2) is 7.68. The van der Waals surface area contributed by atoms with E-state index in [1.807, 2.05) is 13.0 Å². The number of rotatable bonds is 4. The maximum atomic E-state index is 11.5. The summed E-state index contributed by atoms with van der Waals surface area (Å²) in [5, 5.41) is 10.9. The lowest BCUT2D eigenvalue weighted by Gasteiger charge is -2.19. The average molecular weight is 401 g/mol. The Kier molecular flexibility index (Phi) is 5.87. The van der Waals surface area contributed by atoms with E-state index >= 15 is 0 Å². The molecular formula is C16H15BrClNO4. The standard InChI is InChI=1S/C16H15BrClNO4/c1-10-6-7-15(13(18)8-10)23-9-11-12(17)4-3-5-14(11)19(21)16(20)22-2/h3-8,21H,9H2,1-2H3. The minimum Gasteiger partial charge on any atom is -0.487 e. The second-order valence-electron chi connectivity index (χ2n) is 4.74. The van der Waals surface area contributed by atoms with Crippen LogP contribution in [-0.4, -0.2) is 18.4 Å². The zero-order valence-electron chi connectivity index (χ0n) is 12.5. The number of anilines is 1. The van der Waals surface area contributed by atoms with Gasteiger partial charge in [0.05, 0.1) is 17.8 Å². The van der Waals surface area contributed by atoms with Gasteiger partial charge in [0.1, 0.15) is 12.4 Å². The fourth-order valence-corrected chi connectivity index (χ4v) is 2.71. The molecule has 2 aromatic rings. The fraction of sp³-hybridized carbons (Fsp3) is 0.188. The highest BCUT2D eigenvalue weighted by Crippen LogP contribution is 2.31. The van der Waals surface area contributed by atoms with Crippen LogP contribution in [0.15, 0.2) is 40.9 Å². The molecule has 5 nitrogen and oxygen atoms in total. The minimum absolute atomic E-state index is 0.105. The maximum absolute atomic E-state index is 11.5. The molecule has 0 spiro atoms. The van der Waals surface area contributed by atoms with Gasteiger partial charge in [0.2, 0.25) is 0 Å². The Balaban J connectivity index is 2.27. The lowest BCUT2D eigenvalue weighted by Crippen LogP contribution is -2.28. The van der Waals surface area contributed by atoms with Gasteiger partial charge in [-0.05, 0) is 36.8 Å². The zero-order chi connectivity index (χ0) is 17.0. The smallest absolute Gasteiger partial charge is 0.438 e. The molecular weight excluding hydrogens is 386 g/mol. The van der Waals surface area contributed by atoms with Gasteiger partial charge in [-0.1, -0.05) is 39.7 Å². The molecule has 122 valence electrons. The summed E-state index contributed by atoms with van der Waals surface area (Å²) in [7, 11) is 1.19. The molecule has 0 atom stereocenters. The molecule has 0 fully saturated rings. The summed E-state index contributed by atoms with van der Waals surface area (Å²) in [6.45, 7) is 2.04. The first-order valence-corrected chi connectivity index (χ1v) is 7.84. The highest BCUT2D eigenvalue weighted by atomic mass is 79.9. The number of ether oxygens (including phenoxy) is 2. The molecule has 0 heterocycles. The van der Waals surface area contributed by atoms with Crippen LogP contribution in [0.1, 0.15) is 11.1 Å². The molecule has 0 radical (unpaired) electrons. The van der Waals surface area contributed by atoms with Crippen LogP contribution in [0.25, 0.3) is 0 Å². The second-order valence-corrected chi connectivity index (χ2v) is 6.00. The topological polar surface area (TPSA) is 59.0 Å². The summed E-state index contributed by atoms with van der Waals surface area (Å²) in [5.74, 6) is 0.515. The van der Waals surface area contributed by atoms with Gasteiger partial charge in [0.25, 0.3) is 0 Å². The quantitative estimate of drug-likeness (QED) is 0.582. The highest BCUT2D eigenvalue weighted by Gasteiger charge is 2.19. The number of hydrogen-bond acceptors (Lipinski definition) is 4. The van der Waals surface area contributed by atoms with Crippen molar-refractivity contribution in [1.29, 1.82) is 0 Å². The van der Waals surface area contributed by atoms with E-state index in [0.717, 1.165) is 5.56 Å². The zero-order valence-corrected chi connectivity index (χ0v) is 14.9. The third kappa shape index (κ3) is 4.16. The van der Waals surface area contributed by atoms with E-state index in [1.54, 1.807) is 30.3 Å². The van der Waals surface area contributed by atoms with Crippen LogP contribution in [0.3, 0.4) is 0 Å². The molecule has 0 bridgehead atoms. The van der Waals surface area contributed by atoms with E-state index < -0.39 is 6.09 Å². The molecule has 0 aliphatic carbocycles. The van der Waals surface area contributed by atoms with Gasteiger partial charge in [-0.25, -0.2) is 4.79 Å². The number of amides is 1. The number of nitrogens with zero attached hydrogens (tertiary/aromatic N) is 1. The SMILES string of the molecule is COC(=O)N(O)c1cccc(Br)c1COc1ccc(C)cc1Cl. The van der Waals surface area contributed by atoms with Gasteiger partial charge in [-0.2, -0.15) is 5.06 Å². The van der Waals surface area contributed by atoms with Crippen LogP contribution in [-0.2, 0) is 11.3 Å². The predicted octanol–water partition coefficient (Wildman–Crippen LogP) is 4.95. The summed E-state index contributed by atoms with van der Waals surface area (Å²) in [6, 6.07) is 10.5. The lowest BCUT2D eigenvalue weighted by molar-refractivity contribution is 0.140. The van der Waals surface area contributed by atoms with Gasteiger partial charge in [0.15, 0.2) is 0 Å². The van der Waals surface area contributed by atoms with Crippen LogP contribution in [0.5, 0.6) is 5.75 Å². The van der Waals surface area contributed by atoms with Crippen molar-refractivity contribution in [2.45, 2.75) is 13.5 Å². The van der Waals surface area contributed by atoms with Gasteiger partial charge >= 0.3 is 6.09 Å². The third-order valence-corrected chi connectivity index (χ3v) is 4.17. The first-order chi connectivity index (χ1) is 10.9. The Bertz CT molecular complexity index is 723. The normalized spacial score (nSPS) is 10.3. The summed E-state index contributed by atoms with van der Waals surface area (Å²) in [5.41, 5.74) is 1.86. The van der Waals surface area contributed by atoms with Gasteiger partial charge in [0, 0.05) is 10.0 Å². The number of hydrogen-bond donors (Lipinski definition) is 1. The largest absolute Gasteiger partial charge is 0.487 e. The van der Waals surface area contributed by atoms with Crippen LogP contribution in [0.4, 0.5) is 10.5 Å². The van der Waals surface area contributed by atoms with E-state index in [2.05, 4.69) is 20.7 Å². The van der Waals surface area contributed by atoms with Crippen molar-refractivity contribution in [3.05, 3.63) is 57.0 Å². The van der Waals surface area contributed by atoms with E-state index in [-0.39, 0.29) is 12.3 Å². The van der Waals surface area contributed by atoms with Crippen molar-refractivity contribution in [1.82, 2.24) is 0 Å².